The van der Waals surface area contributed by atoms with Gasteiger partial charge in [-0.3, -0.25) is 9.69 Å². The summed E-state index contributed by atoms with van der Waals surface area (Å²) in [6.45, 7) is 2.94. The van der Waals surface area contributed by atoms with Crippen LogP contribution in [-0.2, 0) is 4.79 Å². The average Bonchev–Trinajstić information content (AvgIpc) is 2.82. The zero-order valence-electron chi connectivity index (χ0n) is 11.8. The molecule has 2 atom stereocenters. The fourth-order valence-electron chi connectivity index (χ4n) is 2.90. The van der Waals surface area contributed by atoms with Crippen molar-refractivity contribution in [2.45, 2.75) is 38.3 Å². The summed E-state index contributed by atoms with van der Waals surface area (Å²) in [6, 6.07) is 4.73. The molecule has 0 spiro atoms. The lowest BCUT2D eigenvalue weighted by Crippen LogP contribution is -2.33. The Kier molecular flexibility index (Phi) is 4.60. The number of hydrogen-bond acceptors (Lipinski definition) is 3. The molecule has 1 fully saturated rings. The van der Waals surface area contributed by atoms with Gasteiger partial charge in [0.15, 0.2) is 11.6 Å². The van der Waals surface area contributed by atoms with E-state index in [-0.39, 0.29) is 18.2 Å². The second-order valence-corrected chi connectivity index (χ2v) is 5.24. The zero-order chi connectivity index (χ0) is 14.7. The van der Waals surface area contributed by atoms with Gasteiger partial charge in [-0.2, -0.15) is 0 Å². The number of benzene rings is 1. The van der Waals surface area contributed by atoms with Gasteiger partial charge in [0.2, 0.25) is 0 Å². The van der Waals surface area contributed by atoms with Gasteiger partial charge in [0.1, 0.15) is 0 Å². The van der Waals surface area contributed by atoms with Crippen LogP contribution in [0.5, 0.6) is 5.75 Å². The van der Waals surface area contributed by atoms with E-state index in [0.717, 1.165) is 19.4 Å². The Morgan fingerprint density at radius 3 is 2.85 bits per heavy atom. The van der Waals surface area contributed by atoms with Gasteiger partial charge in [0, 0.05) is 12.1 Å². The van der Waals surface area contributed by atoms with Crippen molar-refractivity contribution >= 4 is 5.97 Å². The van der Waals surface area contributed by atoms with E-state index < -0.39 is 11.8 Å². The third-order valence-electron chi connectivity index (χ3n) is 3.93. The number of hydrogen-bond donors (Lipinski definition) is 1. The van der Waals surface area contributed by atoms with Crippen molar-refractivity contribution in [1.29, 1.82) is 0 Å². The number of likely N-dealkylation sites (tertiary alicyclic amines) is 1. The molecule has 0 radical (unpaired) electrons. The second-order valence-electron chi connectivity index (χ2n) is 5.24. The van der Waals surface area contributed by atoms with E-state index in [1.165, 1.54) is 13.2 Å². The Hall–Kier alpha value is -1.62. The summed E-state index contributed by atoms with van der Waals surface area (Å²) in [6.07, 6.45) is 2.08. The quantitative estimate of drug-likeness (QED) is 0.901. The van der Waals surface area contributed by atoms with E-state index in [4.69, 9.17) is 9.84 Å². The Labute approximate surface area is 118 Å². The second kappa shape index (κ2) is 6.22. The van der Waals surface area contributed by atoms with E-state index in [2.05, 4.69) is 11.8 Å². The van der Waals surface area contributed by atoms with E-state index >= 15 is 0 Å². The summed E-state index contributed by atoms with van der Waals surface area (Å²) in [5.74, 6) is -1.14. The Balaban J connectivity index is 2.30. The van der Waals surface area contributed by atoms with E-state index in [9.17, 15) is 9.18 Å². The Bertz CT molecular complexity index is 492. The van der Waals surface area contributed by atoms with Crippen LogP contribution in [0.15, 0.2) is 18.2 Å². The van der Waals surface area contributed by atoms with Crippen LogP contribution in [-0.4, -0.2) is 35.7 Å². The monoisotopic (exact) mass is 281 g/mol. The lowest BCUT2D eigenvalue weighted by molar-refractivity contribution is -0.138. The van der Waals surface area contributed by atoms with Gasteiger partial charge in [0.05, 0.1) is 13.5 Å². The van der Waals surface area contributed by atoms with Crippen molar-refractivity contribution in [3.8, 4) is 5.75 Å². The van der Waals surface area contributed by atoms with E-state index in [1.54, 1.807) is 12.1 Å². The molecule has 0 amide bonds. The molecule has 110 valence electrons. The number of methoxy groups -OCH3 is 1. The minimum Gasteiger partial charge on any atom is -0.494 e. The maximum absolute atomic E-state index is 13.8. The molecule has 0 bridgehead atoms. The van der Waals surface area contributed by atoms with Crippen molar-refractivity contribution in [2.75, 3.05) is 13.7 Å². The lowest BCUT2D eigenvalue weighted by Gasteiger charge is -2.31. The maximum atomic E-state index is 13.8. The van der Waals surface area contributed by atoms with Crippen LogP contribution in [0.1, 0.15) is 37.8 Å². The number of aliphatic carboxylic acids is 1. The molecule has 1 aromatic carbocycles. The first-order valence-corrected chi connectivity index (χ1v) is 6.84. The SMILES string of the molecule is COc1ccc(C(CC(=O)O)N2CCCC2C)cc1F. The molecule has 1 aliphatic rings. The van der Waals surface area contributed by atoms with Gasteiger partial charge < -0.3 is 9.84 Å². The van der Waals surface area contributed by atoms with Crippen molar-refractivity contribution in [1.82, 2.24) is 4.90 Å². The average molecular weight is 281 g/mol. The predicted molar refractivity (Wildman–Crippen MR) is 73.3 cm³/mol. The maximum Gasteiger partial charge on any atom is 0.305 e. The molecule has 1 aromatic rings. The van der Waals surface area contributed by atoms with E-state index in [1.807, 2.05) is 0 Å². The number of rotatable bonds is 5. The van der Waals surface area contributed by atoms with Crippen LogP contribution in [0.3, 0.4) is 0 Å². The molecule has 20 heavy (non-hydrogen) atoms. The number of halogens is 1. The van der Waals surface area contributed by atoms with Gasteiger partial charge in [-0.15, -0.1) is 0 Å². The summed E-state index contributed by atoms with van der Waals surface area (Å²) >= 11 is 0. The fourth-order valence-corrected chi connectivity index (χ4v) is 2.90. The Morgan fingerprint density at radius 2 is 2.35 bits per heavy atom. The number of carboxylic acid groups (broad SMARTS) is 1. The summed E-state index contributed by atoms with van der Waals surface area (Å²) in [5, 5.41) is 9.12. The molecule has 1 saturated heterocycles. The summed E-state index contributed by atoms with van der Waals surface area (Å²) in [7, 11) is 1.41. The molecule has 1 N–H and O–H groups in total. The summed E-state index contributed by atoms with van der Waals surface area (Å²) < 4.78 is 18.7. The zero-order valence-corrected chi connectivity index (χ0v) is 11.8. The highest BCUT2D eigenvalue weighted by molar-refractivity contribution is 5.68. The highest BCUT2D eigenvalue weighted by Gasteiger charge is 2.30. The molecule has 5 heteroatoms. The van der Waals surface area contributed by atoms with Crippen LogP contribution < -0.4 is 4.74 Å². The Morgan fingerprint density at radius 1 is 1.60 bits per heavy atom. The van der Waals surface area contributed by atoms with Gasteiger partial charge in [-0.25, -0.2) is 4.39 Å². The van der Waals surface area contributed by atoms with Crippen LogP contribution in [0.4, 0.5) is 4.39 Å². The van der Waals surface area contributed by atoms with Gasteiger partial charge >= 0.3 is 5.97 Å². The van der Waals surface area contributed by atoms with Gasteiger partial charge in [0.25, 0.3) is 0 Å². The molecule has 0 aromatic heterocycles. The lowest BCUT2D eigenvalue weighted by atomic mass is 10.0. The van der Waals surface area contributed by atoms with Gasteiger partial charge in [-0.1, -0.05) is 6.07 Å². The molecule has 2 rings (SSSR count). The minimum absolute atomic E-state index is 0.0177. The largest absolute Gasteiger partial charge is 0.494 e. The van der Waals surface area contributed by atoms with Crippen LogP contribution in [0.2, 0.25) is 0 Å². The fraction of sp³-hybridized carbons (Fsp3) is 0.533. The predicted octanol–water partition coefficient (Wildman–Crippen LogP) is 2.83. The summed E-state index contributed by atoms with van der Waals surface area (Å²) in [4.78, 5) is 13.3. The number of carboxylic acids is 1. The van der Waals surface area contributed by atoms with Crippen molar-refractivity contribution in [3.05, 3.63) is 29.6 Å². The van der Waals surface area contributed by atoms with Crippen LogP contribution in [0, 0.1) is 5.82 Å². The first kappa shape index (κ1) is 14.8. The number of carbonyl (C=O) groups is 1. The van der Waals surface area contributed by atoms with Crippen molar-refractivity contribution in [2.24, 2.45) is 0 Å². The van der Waals surface area contributed by atoms with Gasteiger partial charge in [-0.05, 0) is 44.0 Å². The molecule has 0 aliphatic carbocycles. The molecule has 4 nitrogen and oxygen atoms in total. The molecule has 0 saturated carbocycles. The smallest absolute Gasteiger partial charge is 0.305 e. The number of nitrogens with zero attached hydrogens (tertiary/aromatic N) is 1. The highest BCUT2D eigenvalue weighted by Crippen LogP contribution is 2.33. The summed E-state index contributed by atoms with van der Waals surface area (Å²) in [5.41, 5.74) is 0.694. The van der Waals surface area contributed by atoms with Crippen molar-refractivity contribution in [3.63, 3.8) is 0 Å². The molecule has 1 aliphatic heterocycles. The molecule has 2 unspecified atom stereocenters. The first-order valence-electron chi connectivity index (χ1n) is 6.84. The van der Waals surface area contributed by atoms with Crippen LogP contribution >= 0.6 is 0 Å². The first-order chi connectivity index (χ1) is 9.52. The third kappa shape index (κ3) is 3.10. The minimum atomic E-state index is -0.870. The standard InChI is InChI=1S/C15H20FNO3/c1-10-4-3-7-17(10)13(9-15(18)19)11-5-6-14(20-2)12(16)8-11/h5-6,8,10,13H,3-4,7,9H2,1-2H3,(H,18,19). The normalized spacial score (nSPS) is 20.9. The van der Waals surface area contributed by atoms with E-state index in [0.29, 0.717) is 11.6 Å². The topological polar surface area (TPSA) is 49.8 Å². The van der Waals surface area contributed by atoms with Crippen LogP contribution in [0.25, 0.3) is 0 Å². The van der Waals surface area contributed by atoms with Crippen molar-refractivity contribution < 1.29 is 19.0 Å². The molecular weight excluding hydrogens is 261 g/mol. The third-order valence-corrected chi connectivity index (χ3v) is 3.93. The highest BCUT2D eigenvalue weighted by atomic mass is 19.1. The number of ether oxygens (including phenoxy) is 1. The molecule has 1 heterocycles. The molecular formula is C15H20FNO3.